The van der Waals surface area contributed by atoms with Crippen molar-refractivity contribution in [3.8, 4) is 6.07 Å². The lowest BCUT2D eigenvalue weighted by atomic mass is 10.1. The van der Waals surface area contributed by atoms with Gasteiger partial charge in [-0.3, -0.25) is 0 Å². The second-order valence-electron chi connectivity index (χ2n) is 3.92. The minimum atomic E-state index is -3.22. The quantitative estimate of drug-likeness (QED) is 0.759. The molecule has 0 N–H and O–H groups in total. The average molecular weight is 255 g/mol. The molecule has 0 atom stereocenters. The highest BCUT2D eigenvalue weighted by molar-refractivity contribution is 7.90. The number of nitriles is 1. The first kappa shape index (κ1) is 13.7. The van der Waals surface area contributed by atoms with E-state index >= 15 is 0 Å². The van der Waals surface area contributed by atoms with Crippen molar-refractivity contribution in [1.29, 1.82) is 5.26 Å². The molecule has 3 nitrogen and oxygen atoms in total. The summed E-state index contributed by atoms with van der Waals surface area (Å²) in [6.07, 6.45) is 0.584. The van der Waals surface area contributed by atoms with Gasteiger partial charge in [0.1, 0.15) is 5.82 Å². The van der Waals surface area contributed by atoms with Gasteiger partial charge in [0.05, 0.1) is 17.6 Å². The number of hydrogen-bond acceptors (Lipinski definition) is 3. The van der Waals surface area contributed by atoms with Crippen LogP contribution in [0, 0.1) is 24.1 Å². The van der Waals surface area contributed by atoms with Gasteiger partial charge < -0.3 is 0 Å². The number of aryl methyl sites for hydroxylation is 1. The normalized spacial score (nSPS) is 11.1. The first-order chi connectivity index (χ1) is 7.94. The Kier molecular flexibility index (Phi) is 4.64. The van der Waals surface area contributed by atoms with Crippen LogP contribution in [0.4, 0.5) is 4.39 Å². The zero-order chi connectivity index (χ0) is 12.9. The molecule has 0 aliphatic rings. The van der Waals surface area contributed by atoms with E-state index in [-0.39, 0.29) is 23.7 Å². The van der Waals surface area contributed by atoms with Crippen molar-refractivity contribution in [2.24, 2.45) is 0 Å². The maximum Gasteiger partial charge on any atom is 0.154 e. The van der Waals surface area contributed by atoms with E-state index in [1.807, 2.05) is 6.07 Å². The second kappa shape index (κ2) is 5.78. The molecular weight excluding hydrogens is 241 g/mol. The Labute approximate surface area is 101 Å². The summed E-state index contributed by atoms with van der Waals surface area (Å²) >= 11 is 0. The SMILES string of the molecule is Cc1cc(F)ccc1CS(=O)(=O)CCCC#N. The first-order valence-electron chi connectivity index (χ1n) is 5.27. The molecule has 0 bridgehead atoms. The van der Waals surface area contributed by atoms with E-state index in [1.54, 1.807) is 6.92 Å². The van der Waals surface area contributed by atoms with Crippen molar-refractivity contribution in [1.82, 2.24) is 0 Å². The molecule has 0 unspecified atom stereocenters. The van der Waals surface area contributed by atoms with Crippen molar-refractivity contribution in [3.05, 3.63) is 35.1 Å². The van der Waals surface area contributed by atoms with Gasteiger partial charge in [0.2, 0.25) is 0 Å². The van der Waals surface area contributed by atoms with Crippen LogP contribution in [-0.4, -0.2) is 14.2 Å². The Hall–Kier alpha value is -1.41. The summed E-state index contributed by atoms with van der Waals surface area (Å²) in [5, 5.41) is 8.34. The molecule has 1 rings (SSSR count). The van der Waals surface area contributed by atoms with Crippen molar-refractivity contribution in [2.75, 3.05) is 5.75 Å². The summed E-state index contributed by atoms with van der Waals surface area (Å²) < 4.78 is 36.3. The zero-order valence-corrected chi connectivity index (χ0v) is 10.4. The Morgan fingerprint density at radius 1 is 1.41 bits per heavy atom. The fraction of sp³-hybridized carbons (Fsp3) is 0.417. The topological polar surface area (TPSA) is 57.9 Å². The number of rotatable bonds is 5. The molecule has 0 saturated carbocycles. The maximum atomic E-state index is 12.8. The Bertz CT molecular complexity index is 532. The molecule has 0 heterocycles. The number of sulfone groups is 1. The van der Waals surface area contributed by atoms with E-state index in [2.05, 4.69) is 0 Å². The summed E-state index contributed by atoms with van der Waals surface area (Å²) in [6.45, 7) is 1.68. The van der Waals surface area contributed by atoms with E-state index in [4.69, 9.17) is 5.26 Å². The van der Waals surface area contributed by atoms with E-state index in [0.29, 0.717) is 17.5 Å². The van der Waals surface area contributed by atoms with E-state index < -0.39 is 9.84 Å². The third-order valence-electron chi connectivity index (χ3n) is 2.42. The van der Waals surface area contributed by atoms with E-state index in [0.717, 1.165) is 0 Å². The number of hydrogen-bond donors (Lipinski definition) is 0. The van der Waals surface area contributed by atoms with Gasteiger partial charge in [0.15, 0.2) is 9.84 Å². The molecule has 0 amide bonds. The summed E-state index contributed by atoms with van der Waals surface area (Å²) in [5.74, 6) is -0.463. The van der Waals surface area contributed by atoms with Crippen molar-refractivity contribution >= 4 is 9.84 Å². The summed E-state index contributed by atoms with van der Waals surface area (Å²) in [4.78, 5) is 0. The van der Waals surface area contributed by atoms with Crippen LogP contribution in [0.1, 0.15) is 24.0 Å². The number of benzene rings is 1. The monoisotopic (exact) mass is 255 g/mol. The highest BCUT2D eigenvalue weighted by atomic mass is 32.2. The van der Waals surface area contributed by atoms with Crippen LogP contribution < -0.4 is 0 Å². The molecule has 17 heavy (non-hydrogen) atoms. The van der Waals surface area contributed by atoms with Crippen LogP contribution in [-0.2, 0) is 15.6 Å². The van der Waals surface area contributed by atoms with Crippen LogP contribution >= 0.6 is 0 Å². The fourth-order valence-corrected chi connectivity index (χ4v) is 3.03. The number of unbranched alkanes of at least 4 members (excludes halogenated alkanes) is 1. The third kappa shape index (κ3) is 4.53. The number of nitrogens with zero attached hydrogens (tertiary/aromatic N) is 1. The molecule has 0 radical (unpaired) electrons. The second-order valence-corrected chi connectivity index (χ2v) is 6.11. The molecule has 0 saturated heterocycles. The number of halogens is 1. The van der Waals surface area contributed by atoms with Gasteiger partial charge in [0.25, 0.3) is 0 Å². The predicted molar refractivity (Wildman–Crippen MR) is 63.5 cm³/mol. The van der Waals surface area contributed by atoms with Crippen molar-refractivity contribution in [2.45, 2.75) is 25.5 Å². The molecule has 92 valence electrons. The summed E-state index contributed by atoms with van der Waals surface area (Å²) in [6, 6.07) is 5.98. The van der Waals surface area contributed by atoms with Crippen molar-refractivity contribution in [3.63, 3.8) is 0 Å². The van der Waals surface area contributed by atoms with Crippen LogP contribution in [0.15, 0.2) is 18.2 Å². The molecule has 0 aliphatic carbocycles. The van der Waals surface area contributed by atoms with E-state index in [1.165, 1.54) is 18.2 Å². The molecule has 1 aromatic rings. The Balaban J connectivity index is 2.73. The van der Waals surface area contributed by atoms with Crippen LogP contribution in [0.5, 0.6) is 0 Å². The van der Waals surface area contributed by atoms with Gasteiger partial charge >= 0.3 is 0 Å². The molecular formula is C12H14FNO2S. The zero-order valence-electron chi connectivity index (χ0n) is 9.61. The molecule has 0 spiro atoms. The van der Waals surface area contributed by atoms with Gasteiger partial charge in [-0.1, -0.05) is 6.07 Å². The average Bonchev–Trinajstić information content (AvgIpc) is 2.22. The van der Waals surface area contributed by atoms with Crippen molar-refractivity contribution < 1.29 is 12.8 Å². The van der Waals surface area contributed by atoms with Gasteiger partial charge in [0, 0.05) is 6.42 Å². The largest absolute Gasteiger partial charge is 0.228 e. The molecule has 0 aromatic heterocycles. The highest BCUT2D eigenvalue weighted by Gasteiger charge is 2.13. The lowest BCUT2D eigenvalue weighted by molar-refractivity contribution is 0.592. The lowest BCUT2D eigenvalue weighted by Crippen LogP contribution is -2.10. The summed E-state index contributed by atoms with van der Waals surface area (Å²) in [7, 11) is -3.22. The first-order valence-corrected chi connectivity index (χ1v) is 7.09. The maximum absolute atomic E-state index is 12.8. The Morgan fingerprint density at radius 3 is 2.71 bits per heavy atom. The van der Waals surface area contributed by atoms with Gasteiger partial charge in [-0.05, 0) is 36.6 Å². The standard InChI is InChI=1S/C12H14FNO2S/c1-10-8-12(13)5-4-11(10)9-17(15,16)7-3-2-6-14/h4-5,8H,2-3,7,9H2,1H3. The molecule has 1 aromatic carbocycles. The lowest BCUT2D eigenvalue weighted by Gasteiger charge is -2.06. The summed E-state index contributed by atoms with van der Waals surface area (Å²) in [5.41, 5.74) is 1.25. The van der Waals surface area contributed by atoms with Gasteiger partial charge in [-0.25, -0.2) is 12.8 Å². The molecule has 5 heteroatoms. The predicted octanol–water partition coefficient (Wildman–Crippen LogP) is 2.35. The van der Waals surface area contributed by atoms with Crippen LogP contribution in [0.3, 0.4) is 0 Å². The molecule has 0 aliphatic heterocycles. The van der Waals surface area contributed by atoms with Gasteiger partial charge in [-0.2, -0.15) is 5.26 Å². The highest BCUT2D eigenvalue weighted by Crippen LogP contribution is 2.14. The van der Waals surface area contributed by atoms with Crippen LogP contribution in [0.25, 0.3) is 0 Å². The van der Waals surface area contributed by atoms with Crippen LogP contribution in [0.2, 0.25) is 0 Å². The minimum Gasteiger partial charge on any atom is -0.228 e. The molecule has 0 fully saturated rings. The van der Waals surface area contributed by atoms with Gasteiger partial charge in [-0.15, -0.1) is 0 Å². The fourth-order valence-electron chi connectivity index (χ4n) is 1.50. The Morgan fingerprint density at radius 2 is 2.12 bits per heavy atom. The third-order valence-corrected chi connectivity index (χ3v) is 4.09. The van der Waals surface area contributed by atoms with E-state index in [9.17, 15) is 12.8 Å². The minimum absolute atomic E-state index is 0.00260. The smallest absolute Gasteiger partial charge is 0.154 e.